The van der Waals surface area contributed by atoms with Gasteiger partial charge in [-0.1, -0.05) is 35.5 Å². The molecular formula is C19H25N5O3. The molecule has 1 saturated carbocycles. The van der Waals surface area contributed by atoms with Gasteiger partial charge in [-0.2, -0.15) is 0 Å². The van der Waals surface area contributed by atoms with Gasteiger partial charge in [0.1, 0.15) is 5.69 Å². The summed E-state index contributed by atoms with van der Waals surface area (Å²) in [5.41, 5.74) is 7.52. The van der Waals surface area contributed by atoms with Crippen molar-refractivity contribution >= 4 is 5.91 Å². The third-order valence-corrected chi connectivity index (χ3v) is 4.64. The maximum Gasteiger partial charge on any atom is 0.290 e. The Kier molecular flexibility index (Phi) is 5.78. The summed E-state index contributed by atoms with van der Waals surface area (Å²) in [7, 11) is 0. The normalized spacial score (nSPS) is 20.6. The molecule has 0 spiro atoms. The minimum absolute atomic E-state index is 0.0827. The third kappa shape index (κ3) is 4.87. The quantitative estimate of drug-likeness (QED) is 0.425. The number of nitrogens with two attached hydrogens (primary N) is 2. The molecule has 1 aromatic carbocycles. The Hall–Kier alpha value is -2.84. The number of benzene rings is 1. The van der Waals surface area contributed by atoms with Crippen molar-refractivity contribution in [3.8, 4) is 11.3 Å². The van der Waals surface area contributed by atoms with Gasteiger partial charge in [-0.25, -0.2) is 5.84 Å². The summed E-state index contributed by atoms with van der Waals surface area (Å²) < 4.78 is 5.17. The molecule has 6 N–H and O–H groups in total. The second kappa shape index (κ2) is 8.24. The minimum atomic E-state index is -0.729. The number of nitrogens with zero attached hydrogens (tertiary/aromatic N) is 2. The number of carbonyl (C=O) groups excluding carboxylic acids is 1. The number of hydrazine groups is 1. The Balaban J connectivity index is 1.46. The van der Waals surface area contributed by atoms with Gasteiger partial charge in [0, 0.05) is 30.4 Å². The molecule has 1 fully saturated rings. The average molecular weight is 371 g/mol. The summed E-state index contributed by atoms with van der Waals surface area (Å²) in [6, 6.07) is 11.3. The maximum atomic E-state index is 12.3. The number of amides is 1. The van der Waals surface area contributed by atoms with E-state index in [-0.39, 0.29) is 17.7 Å². The summed E-state index contributed by atoms with van der Waals surface area (Å²) in [6.45, 7) is 2.20. The molecule has 0 aliphatic heterocycles. The number of rotatable bonds is 7. The van der Waals surface area contributed by atoms with Crippen LogP contribution in [0.2, 0.25) is 0 Å². The van der Waals surface area contributed by atoms with Gasteiger partial charge in [-0.05, 0) is 25.7 Å². The zero-order valence-electron chi connectivity index (χ0n) is 15.2. The molecule has 8 nitrogen and oxygen atoms in total. The molecule has 1 aromatic heterocycles. The van der Waals surface area contributed by atoms with Crippen molar-refractivity contribution in [2.24, 2.45) is 17.5 Å². The fourth-order valence-corrected chi connectivity index (χ4v) is 3.04. The number of hydrogen-bond acceptors (Lipinski definition) is 7. The highest BCUT2D eigenvalue weighted by Crippen LogP contribution is 2.28. The smallest absolute Gasteiger partial charge is 0.290 e. The zero-order valence-corrected chi connectivity index (χ0v) is 15.2. The summed E-state index contributed by atoms with van der Waals surface area (Å²) in [5.74, 6) is 6.16. The lowest BCUT2D eigenvalue weighted by molar-refractivity contribution is 0.0836. The lowest BCUT2D eigenvalue weighted by Crippen LogP contribution is -2.48. The van der Waals surface area contributed by atoms with Crippen molar-refractivity contribution in [3.63, 3.8) is 0 Å². The van der Waals surface area contributed by atoms with Crippen molar-refractivity contribution in [1.82, 2.24) is 15.5 Å². The van der Waals surface area contributed by atoms with Gasteiger partial charge in [-0.15, -0.1) is 0 Å². The second-order valence-corrected chi connectivity index (χ2v) is 6.95. The van der Waals surface area contributed by atoms with Gasteiger partial charge in [-0.3, -0.25) is 4.79 Å². The van der Waals surface area contributed by atoms with Crippen LogP contribution in [0.3, 0.4) is 0 Å². The van der Waals surface area contributed by atoms with Gasteiger partial charge >= 0.3 is 0 Å². The Labute approximate surface area is 157 Å². The maximum absolute atomic E-state index is 12.3. The number of aliphatic hydroxyl groups is 1. The first-order valence-corrected chi connectivity index (χ1v) is 8.92. The first-order valence-electron chi connectivity index (χ1n) is 8.92. The molecule has 0 saturated heterocycles. The molecule has 3 rings (SSSR count). The highest BCUT2D eigenvalue weighted by Gasteiger charge is 2.32. The largest absolute Gasteiger partial charge is 0.399 e. The van der Waals surface area contributed by atoms with Gasteiger partial charge in [0.15, 0.2) is 0 Å². The molecule has 1 atom stereocenters. The van der Waals surface area contributed by atoms with Crippen molar-refractivity contribution in [2.45, 2.75) is 31.9 Å². The topological polar surface area (TPSA) is 131 Å². The lowest BCUT2D eigenvalue weighted by atomic mass is 9.80. The number of carbonyl (C=O) groups is 1. The van der Waals surface area contributed by atoms with Crippen LogP contribution in [-0.4, -0.2) is 39.9 Å². The van der Waals surface area contributed by atoms with Crippen LogP contribution in [0, 0.1) is 5.92 Å². The Morgan fingerprint density at radius 2 is 2.15 bits per heavy atom. The van der Waals surface area contributed by atoms with Crippen LogP contribution in [0.25, 0.3) is 11.3 Å². The van der Waals surface area contributed by atoms with Crippen molar-refractivity contribution in [1.29, 1.82) is 0 Å². The van der Waals surface area contributed by atoms with E-state index in [1.165, 1.54) is 11.2 Å². The molecule has 0 bridgehead atoms. The van der Waals surface area contributed by atoms with Crippen molar-refractivity contribution in [3.05, 3.63) is 54.1 Å². The summed E-state index contributed by atoms with van der Waals surface area (Å²) >= 11 is 0. The number of aliphatic hydroxyl groups excluding tert-OH is 1. The van der Waals surface area contributed by atoms with Crippen LogP contribution in [0.5, 0.6) is 0 Å². The van der Waals surface area contributed by atoms with Gasteiger partial charge in [0.05, 0.1) is 11.8 Å². The van der Waals surface area contributed by atoms with E-state index >= 15 is 0 Å². The van der Waals surface area contributed by atoms with Gasteiger partial charge in [0.2, 0.25) is 5.76 Å². The summed E-state index contributed by atoms with van der Waals surface area (Å²) in [4.78, 5) is 12.3. The first-order chi connectivity index (χ1) is 12.9. The number of aromatic nitrogens is 1. The zero-order chi connectivity index (χ0) is 19.4. The highest BCUT2D eigenvalue weighted by molar-refractivity contribution is 5.92. The molecule has 1 unspecified atom stereocenters. The standard InChI is InChI=1S/C19H25N5O3/c1-12(25)16(20)11-24(21)10-13-7-15(8-13)22-19(26)18-9-17(23-27-18)14-5-3-2-4-6-14/h2-6,9,11-13,15,25H,7-8,10,20-21H2,1H3,(H,22,26)/b16-11-. The van der Waals surface area contributed by atoms with Crippen LogP contribution in [0.15, 0.2) is 52.8 Å². The van der Waals surface area contributed by atoms with Gasteiger partial charge in [0.25, 0.3) is 5.91 Å². The van der Waals surface area contributed by atoms with E-state index in [0.717, 1.165) is 18.4 Å². The Morgan fingerprint density at radius 3 is 2.81 bits per heavy atom. The number of hydrogen-bond donors (Lipinski definition) is 4. The van der Waals surface area contributed by atoms with Crippen molar-refractivity contribution in [2.75, 3.05) is 6.54 Å². The van der Waals surface area contributed by atoms with E-state index < -0.39 is 6.10 Å². The lowest BCUT2D eigenvalue weighted by Gasteiger charge is -2.37. The number of nitrogens with one attached hydrogen (secondary N) is 1. The van der Waals surface area contributed by atoms with Crippen LogP contribution in [0.4, 0.5) is 0 Å². The molecule has 1 aliphatic rings. The first kappa shape index (κ1) is 18.9. The Bertz CT molecular complexity index is 797. The predicted octanol–water partition coefficient (Wildman–Crippen LogP) is 1.21. The fourth-order valence-electron chi connectivity index (χ4n) is 3.04. The van der Waals surface area contributed by atoms with Gasteiger partial charge < -0.3 is 25.7 Å². The fraction of sp³-hybridized carbons (Fsp3) is 0.368. The van der Waals surface area contributed by atoms with Crippen LogP contribution < -0.4 is 16.9 Å². The van der Waals surface area contributed by atoms with Crippen LogP contribution in [0.1, 0.15) is 30.3 Å². The Morgan fingerprint density at radius 1 is 1.44 bits per heavy atom. The van der Waals surface area contributed by atoms with E-state index in [2.05, 4.69) is 10.5 Å². The van der Waals surface area contributed by atoms with E-state index in [1.54, 1.807) is 13.0 Å². The molecule has 144 valence electrons. The molecule has 1 amide bonds. The molecule has 8 heteroatoms. The minimum Gasteiger partial charge on any atom is -0.399 e. The SMILES string of the molecule is CC(O)/C(N)=C/N(N)CC1CC(NC(=O)c2cc(-c3ccccc3)no2)C1. The molecule has 1 aliphatic carbocycles. The van der Waals surface area contributed by atoms with E-state index in [1.807, 2.05) is 30.3 Å². The predicted molar refractivity (Wildman–Crippen MR) is 101 cm³/mol. The molecule has 1 heterocycles. The second-order valence-electron chi connectivity index (χ2n) is 6.95. The van der Waals surface area contributed by atoms with Crippen LogP contribution in [-0.2, 0) is 0 Å². The van der Waals surface area contributed by atoms with E-state index in [0.29, 0.717) is 23.9 Å². The molecule has 2 aromatic rings. The third-order valence-electron chi connectivity index (χ3n) is 4.64. The molecule has 0 radical (unpaired) electrons. The molecule has 27 heavy (non-hydrogen) atoms. The van der Waals surface area contributed by atoms with E-state index in [4.69, 9.17) is 16.1 Å². The monoisotopic (exact) mass is 371 g/mol. The average Bonchev–Trinajstić information content (AvgIpc) is 3.10. The highest BCUT2D eigenvalue weighted by atomic mass is 16.5. The molecular weight excluding hydrogens is 346 g/mol. The summed E-state index contributed by atoms with van der Waals surface area (Å²) in [6.07, 6.45) is 2.45. The van der Waals surface area contributed by atoms with Crippen molar-refractivity contribution < 1.29 is 14.4 Å². The summed E-state index contributed by atoms with van der Waals surface area (Å²) in [5, 5.41) is 17.7. The van der Waals surface area contributed by atoms with Crippen LogP contribution >= 0.6 is 0 Å². The van der Waals surface area contributed by atoms with E-state index in [9.17, 15) is 9.90 Å².